The molecule has 1 saturated carbocycles. The van der Waals surface area contributed by atoms with E-state index >= 15 is 0 Å². The Bertz CT molecular complexity index is 978. The van der Waals surface area contributed by atoms with Crippen LogP contribution < -0.4 is 5.32 Å². The van der Waals surface area contributed by atoms with Gasteiger partial charge in [-0.25, -0.2) is 4.98 Å². The number of hydrogen-bond donors (Lipinski definition) is 2. The summed E-state index contributed by atoms with van der Waals surface area (Å²) in [4.78, 5) is 23.5. The standard InChI is InChI=1S/C26H34N4O3/c31-26(32)24(22-7-4-13-27-23(22)18-8-9-18)30-15-12-21(17-30)33-16-2-1-6-20-11-10-19-5-3-14-28-25(19)29-20/h4,7,10-11,13,18,21,24H,1-3,5-6,8-9,12,14-17H2,(H,28,29)(H,31,32)/t21-,24-/m1/s1. The second-order valence-electron chi connectivity index (χ2n) is 9.57. The van der Waals surface area contributed by atoms with Crippen LogP contribution in [0.15, 0.2) is 30.5 Å². The Morgan fingerprint density at radius 3 is 3.00 bits per heavy atom. The zero-order valence-electron chi connectivity index (χ0n) is 19.2. The van der Waals surface area contributed by atoms with Crippen LogP contribution in [0.1, 0.15) is 73.0 Å². The van der Waals surface area contributed by atoms with Crippen molar-refractivity contribution in [1.82, 2.24) is 14.9 Å². The molecule has 0 bridgehead atoms. The molecule has 1 saturated heterocycles. The molecule has 2 N–H and O–H groups in total. The fraction of sp³-hybridized carbons (Fsp3) is 0.577. The monoisotopic (exact) mass is 450 g/mol. The number of nitrogens with zero attached hydrogens (tertiary/aromatic N) is 3. The van der Waals surface area contributed by atoms with E-state index in [-0.39, 0.29) is 6.10 Å². The molecule has 2 aromatic heterocycles. The average molecular weight is 451 g/mol. The second-order valence-corrected chi connectivity index (χ2v) is 9.57. The van der Waals surface area contributed by atoms with Crippen molar-refractivity contribution in [2.75, 3.05) is 31.6 Å². The molecule has 2 aromatic rings. The highest BCUT2D eigenvalue weighted by atomic mass is 16.5. The highest BCUT2D eigenvalue weighted by Gasteiger charge is 2.38. The topological polar surface area (TPSA) is 87.6 Å². The van der Waals surface area contributed by atoms with Crippen LogP contribution in [0.4, 0.5) is 5.82 Å². The number of likely N-dealkylation sites (tertiary alicyclic amines) is 1. The summed E-state index contributed by atoms with van der Waals surface area (Å²) < 4.78 is 6.13. The summed E-state index contributed by atoms with van der Waals surface area (Å²) in [7, 11) is 0. The number of carboxylic acids is 1. The van der Waals surface area contributed by atoms with Crippen molar-refractivity contribution in [3.8, 4) is 0 Å². The van der Waals surface area contributed by atoms with Crippen LogP contribution >= 0.6 is 0 Å². The van der Waals surface area contributed by atoms with Gasteiger partial charge >= 0.3 is 5.97 Å². The van der Waals surface area contributed by atoms with Crippen LogP contribution in [-0.2, 0) is 22.4 Å². The van der Waals surface area contributed by atoms with E-state index in [0.717, 1.165) is 80.8 Å². The van der Waals surface area contributed by atoms with Gasteiger partial charge in [-0.05, 0) is 69.1 Å². The van der Waals surface area contributed by atoms with E-state index in [0.29, 0.717) is 19.1 Å². The third-order valence-corrected chi connectivity index (χ3v) is 7.04. The fourth-order valence-electron chi connectivity index (χ4n) is 5.14. The summed E-state index contributed by atoms with van der Waals surface area (Å²) in [6.45, 7) is 3.13. The molecule has 2 fully saturated rings. The number of aryl methyl sites for hydroxylation is 2. The lowest BCUT2D eigenvalue weighted by Gasteiger charge is -2.26. The van der Waals surface area contributed by atoms with Crippen LogP contribution in [0.3, 0.4) is 0 Å². The maximum atomic E-state index is 12.2. The quantitative estimate of drug-likeness (QED) is 0.530. The molecule has 2 atom stereocenters. The largest absolute Gasteiger partial charge is 0.480 e. The van der Waals surface area contributed by atoms with Crippen molar-refractivity contribution < 1.29 is 14.6 Å². The Labute approximate surface area is 195 Å². The summed E-state index contributed by atoms with van der Waals surface area (Å²) >= 11 is 0. The number of aromatic nitrogens is 2. The minimum atomic E-state index is -0.794. The molecule has 3 aliphatic rings. The lowest BCUT2D eigenvalue weighted by Crippen LogP contribution is -2.34. The summed E-state index contributed by atoms with van der Waals surface area (Å²) in [5.41, 5.74) is 4.30. The van der Waals surface area contributed by atoms with E-state index < -0.39 is 12.0 Å². The number of ether oxygens (including phenoxy) is 1. The normalized spacial score (nSPS) is 21.4. The van der Waals surface area contributed by atoms with Gasteiger partial charge in [0.15, 0.2) is 0 Å². The number of hydrogen-bond acceptors (Lipinski definition) is 6. The van der Waals surface area contributed by atoms with E-state index in [1.54, 1.807) is 6.20 Å². The van der Waals surface area contributed by atoms with Crippen molar-refractivity contribution in [2.45, 2.75) is 69.4 Å². The number of nitrogens with one attached hydrogen (secondary N) is 1. The lowest BCUT2D eigenvalue weighted by molar-refractivity contribution is -0.143. The smallest absolute Gasteiger partial charge is 0.325 e. The van der Waals surface area contributed by atoms with Crippen LogP contribution in [0.5, 0.6) is 0 Å². The Morgan fingerprint density at radius 2 is 2.15 bits per heavy atom. The predicted octanol–water partition coefficient (Wildman–Crippen LogP) is 3.95. The molecule has 7 heteroatoms. The molecule has 0 amide bonds. The van der Waals surface area contributed by atoms with Gasteiger partial charge in [-0.3, -0.25) is 14.7 Å². The van der Waals surface area contributed by atoms with Crippen molar-refractivity contribution in [1.29, 1.82) is 0 Å². The molecule has 5 rings (SSSR count). The summed E-state index contributed by atoms with van der Waals surface area (Å²) in [5, 5.41) is 13.4. The zero-order chi connectivity index (χ0) is 22.6. The Morgan fingerprint density at radius 1 is 1.24 bits per heavy atom. The zero-order valence-corrected chi connectivity index (χ0v) is 19.2. The van der Waals surface area contributed by atoms with E-state index in [2.05, 4.69) is 27.3 Å². The molecule has 0 spiro atoms. The van der Waals surface area contributed by atoms with Gasteiger partial charge in [0.2, 0.25) is 0 Å². The molecule has 4 heterocycles. The fourth-order valence-corrected chi connectivity index (χ4v) is 5.14. The molecule has 7 nitrogen and oxygen atoms in total. The van der Waals surface area contributed by atoms with E-state index in [1.807, 2.05) is 12.1 Å². The first kappa shape index (κ1) is 22.3. The average Bonchev–Trinajstić information content (AvgIpc) is 3.58. The highest BCUT2D eigenvalue weighted by Crippen LogP contribution is 2.43. The SMILES string of the molecule is O=C(O)[C@@H](c1cccnc1C1CC1)N1CC[C@@H](OCCCCc2ccc3c(n2)NCCC3)C1. The highest BCUT2D eigenvalue weighted by molar-refractivity contribution is 5.76. The van der Waals surface area contributed by atoms with Crippen LogP contribution in [-0.4, -0.2) is 58.3 Å². The molecular weight excluding hydrogens is 416 g/mol. The summed E-state index contributed by atoms with van der Waals surface area (Å²) in [5.74, 6) is 0.697. The Hall–Kier alpha value is -2.51. The third kappa shape index (κ3) is 5.36. The number of pyridine rings is 2. The number of carboxylic acid groups (broad SMARTS) is 1. The van der Waals surface area contributed by atoms with Gasteiger partial charge in [-0.15, -0.1) is 0 Å². The molecule has 176 valence electrons. The number of carbonyl (C=O) groups is 1. The third-order valence-electron chi connectivity index (χ3n) is 7.04. The van der Waals surface area contributed by atoms with Gasteiger partial charge in [-0.2, -0.15) is 0 Å². The van der Waals surface area contributed by atoms with E-state index in [9.17, 15) is 9.90 Å². The van der Waals surface area contributed by atoms with E-state index in [4.69, 9.17) is 9.72 Å². The van der Waals surface area contributed by atoms with Crippen molar-refractivity contribution in [3.63, 3.8) is 0 Å². The van der Waals surface area contributed by atoms with Gasteiger partial charge in [0.05, 0.1) is 6.10 Å². The minimum absolute atomic E-state index is 0.0963. The number of fused-ring (bicyclic) bond motifs is 1. The molecular formula is C26H34N4O3. The van der Waals surface area contributed by atoms with Crippen molar-refractivity contribution in [3.05, 3.63) is 53.0 Å². The van der Waals surface area contributed by atoms with Crippen LogP contribution in [0, 0.1) is 0 Å². The van der Waals surface area contributed by atoms with Crippen LogP contribution in [0.25, 0.3) is 0 Å². The first-order chi connectivity index (χ1) is 16.2. The summed E-state index contributed by atoms with van der Waals surface area (Å²) in [6, 6.07) is 7.53. The molecule has 0 radical (unpaired) electrons. The number of anilines is 1. The first-order valence-corrected chi connectivity index (χ1v) is 12.4. The van der Waals surface area contributed by atoms with Gasteiger partial charge < -0.3 is 15.2 Å². The Balaban J connectivity index is 1.08. The predicted molar refractivity (Wildman–Crippen MR) is 127 cm³/mol. The number of rotatable bonds is 10. The molecule has 1 aliphatic carbocycles. The number of unbranched alkanes of at least 4 members (excludes halogenated alkanes) is 1. The van der Waals surface area contributed by atoms with Gasteiger partial charge in [0, 0.05) is 55.3 Å². The van der Waals surface area contributed by atoms with Crippen LogP contribution in [0.2, 0.25) is 0 Å². The van der Waals surface area contributed by atoms with Crippen molar-refractivity contribution in [2.24, 2.45) is 0 Å². The van der Waals surface area contributed by atoms with Gasteiger partial charge in [-0.1, -0.05) is 12.1 Å². The maximum absolute atomic E-state index is 12.2. The first-order valence-electron chi connectivity index (χ1n) is 12.4. The minimum Gasteiger partial charge on any atom is -0.480 e. The summed E-state index contributed by atoms with van der Waals surface area (Å²) in [6.07, 6.45) is 10.3. The molecule has 33 heavy (non-hydrogen) atoms. The van der Waals surface area contributed by atoms with E-state index in [1.165, 1.54) is 12.0 Å². The van der Waals surface area contributed by atoms with Gasteiger partial charge in [0.1, 0.15) is 11.9 Å². The lowest BCUT2D eigenvalue weighted by atomic mass is 10.0. The Kier molecular flexibility index (Phi) is 6.88. The van der Waals surface area contributed by atoms with Gasteiger partial charge in [0.25, 0.3) is 0 Å². The second kappa shape index (κ2) is 10.2. The number of aliphatic carboxylic acids is 1. The molecule has 0 aromatic carbocycles. The molecule has 0 unspecified atom stereocenters. The maximum Gasteiger partial charge on any atom is 0.325 e. The molecule has 2 aliphatic heterocycles. The van der Waals surface area contributed by atoms with Crippen molar-refractivity contribution >= 4 is 11.8 Å².